The average molecular weight is 409 g/mol. The van der Waals surface area contributed by atoms with Gasteiger partial charge in [0.2, 0.25) is 5.90 Å². The first kappa shape index (κ1) is 20.5. The van der Waals surface area contributed by atoms with Crippen molar-refractivity contribution < 1.29 is 21.7 Å². The molecule has 0 saturated heterocycles. The zero-order chi connectivity index (χ0) is 15.9. The number of hydrogen-bond acceptors (Lipinski definition) is 2. The van der Waals surface area contributed by atoms with Crippen LogP contribution in [0.5, 0.6) is 0 Å². The van der Waals surface area contributed by atoms with E-state index in [4.69, 9.17) is 9.73 Å². The van der Waals surface area contributed by atoms with Crippen molar-refractivity contribution in [3.63, 3.8) is 0 Å². The number of halogens is 1. The molecule has 25 heavy (non-hydrogen) atoms. The molecule has 0 radical (unpaired) electrons. The summed E-state index contributed by atoms with van der Waals surface area (Å²) in [7, 11) is 0. The van der Waals surface area contributed by atoms with Gasteiger partial charge < -0.3 is 21.7 Å². The minimum Gasteiger partial charge on any atom is -1.00 e. The molecule has 4 aliphatic carbocycles. The average Bonchev–Trinajstić information content (AvgIpc) is 2.90. The molecule has 0 fully saturated rings. The molecule has 7 rings (SSSR count). The monoisotopic (exact) mass is 407 g/mol. The maximum absolute atomic E-state index is 5.91. The molecule has 0 aromatic heterocycles. The molecular weight excluding hydrogens is 386 g/mol. The first-order chi connectivity index (χ1) is 11.1. The Morgan fingerprint density at radius 2 is 1.76 bits per heavy atom. The van der Waals surface area contributed by atoms with E-state index < -0.39 is 0 Å². The van der Waals surface area contributed by atoms with Gasteiger partial charge in [-0.25, -0.2) is 4.99 Å². The maximum atomic E-state index is 5.91. The third-order valence-corrected chi connectivity index (χ3v) is 4.68. The van der Waals surface area contributed by atoms with Crippen molar-refractivity contribution >= 4 is 29.0 Å². The van der Waals surface area contributed by atoms with Crippen LogP contribution in [0.15, 0.2) is 41.4 Å². The van der Waals surface area contributed by atoms with Gasteiger partial charge in [0, 0.05) is 5.56 Å². The minimum atomic E-state index is -0.114. The first-order valence-corrected chi connectivity index (χ1v) is 8.43. The number of hydrogen-bond donors (Lipinski definition) is 0. The van der Waals surface area contributed by atoms with Crippen LogP contribution >= 0.6 is 0 Å². The fourth-order valence-electron chi connectivity index (χ4n) is 3.28. The van der Waals surface area contributed by atoms with Crippen molar-refractivity contribution in [3.05, 3.63) is 70.3 Å². The van der Waals surface area contributed by atoms with E-state index in [-0.39, 0.29) is 45.6 Å². The molecule has 0 spiro atoms. The van der Waals surface area contributed by atoms with Crippen LogP contribution in [0.1, 0.15) is 41.7 Å². The summed E-state index contributed by atoms with van der Waals surface area (Å²) in [5.41, 5.74) is 6.38. The van der Waals surface area contributed by atoms with Gasteiger partial charge in [-0.1, -0.05) is 18.6 Å². The van der Waals surface area contributed by atoms with Gasteiger partial charge in [-0.3, -0.25) is 0 Å². The SMILES string of the molecule is CC1(C)COC(c2cc3ccc2CCc2[c-]cc(cc2)CC3)=N1.[Br-].[Mg+2]. The van der Waals surface area contributed by atoms with E-state index in [1.165, 1.54) is 27.8 Å². The van der Waals surface area contributed by atoms with Crippen molar-refractivity contribution in [1.29, 1.82) is 0 Å². The molecule has 126 valence electrons. The molecule has 2 nitrogen and oxygen atoms in total. The number of aliphatic imine (C=N–C) groups is 1. The van der Waals surface area contributed by atoms with Gasteiger partial charge in [0.05, 0.1) is 5.54 Å². The molecule has 1 aliphatic heterocycles. The number of nitrogens with zero attached hydrogens (tertiary/aromatic N) is 1. The molecular formula is C21H22BrMgNO. The quantitative estimate of drug-likeness (QED) is 0.499. The van der Waals surface area contributed by atoms with Crippen LogP contribution in [0.4, 0.5) is 0 Å². The zero-order valence-electron chi connectivity index (χ0n) is 14.9. The molecule has 0 amide bonds. The van der Waals surface area contributed by atoms with Crippen LogP contribution in [0.25, 0.3) is 0 Å². The van der Waals surface area contributed by atoms with Crippen molar-refractivity contribution in [2.24, 2.45) is 4.99 Å². The van der Waals surface area contributed by atoms with E-state index in [0.29, 0.717) is 6.61 Å². The van der Waals surface area contributed by atoms with Crippen LogP contribution in [0.2, 0.25) is 0 Å². The first-order valence-electron chi connectivity index (χ1n) is 8.43. The third kappa shape index (κ3) is 4.66. The predicted molar refractivity (Wildman–Crippen MR) is 98.9 cm³/mol. The van der Waals surface area contributed by atoms with Crippen molar-refractivity contribution in [2.45, 2.75) is 45.1 Å². The van der Waals surface area contributed by atoms with Gasteiger partial charge in [-0.15, -0.1) is 0 Å². The summed E-state index contributed by atoms with van der Waals surface area (Å²) in [4.78, 5) is 4.79. The standard InChI is InChI=1S/C21H22NO.BrH.Mg/c1-21(2)14-23-20(22-21)19-13-17-8-7-15-3-5-16(6-4-15)9-11-18(19)12-10-17;;/h3-5,10,12-13H,7-9,11,14H2,1-2H3;1H;/q-1;;+2/p-1. The van der Waals surface area contributed by atoms with E-state index >= 15 is 0 Å². The summed E-state index contributed by atoms with van der Waals surface area (Å²) in [6.45, 7) is 4.91. The van der Waals surface area contributed by atoms with Gasteiger partial charge in [0.25, 0.3) is 0 Å². The van der Waals surface area contributed by atoms with Crippen LogP contribution in [0, 0.1) is 6.07 Å². The van der Waals surface area contributed by atoms with Gasteiger partial charge in [-0.2, -0.15) is 35.4 Å². The van der Waals surface area contributed by atoms with Gasteiger partial charge in [0.15, 0.2) is 0 Å². The number of ether oxygens (including phenoxy) is 1. The summed E-state index contributed by atoms with van der Waals surface area (Å²) in [6, 6.07) is 16.9. The molecule has 2 aromatic carbocycles. The number of rotatable bonds is 1. The Labute approximate surface area is 177 Å². The van der Waals surface area contributed by atoms with Crippen LogP contribution in [0.3, 0.4) is 0 Å². The van der Waals surface area contributed by atoms with E-state index in [1.807, 2.05) is 0 Å². The summed E-state index contributed by atoms with van der Waals surface area (Å²) in [6.07, 6.45) is 4.09. The minimum absolute atomic E-state index is 0. The Kier molecular flexibility index (Phi) is 6.74. The van der Waals surface area contributed by atoms with Crippen molar-refractivity contribution in [3.8, 4) is 0 Å². The molecule has 4 heteroatoms. The van der Waals surface area contributed by atoms with E-state index in [2.05, 4.69) is 56.3 Å². The van der Waals surface area contributed by atoms with Crippen LogP contribution in [-0.2, 0) is 30.4 Å². The Hall–Kier alpha value is -0.844. The summed E-state index contributed by atoms with van der Waals surface area (Å²) >= 11 is 0. The topological polar surface area (TPSA) is 21.6 Å². The van der Waals surface area contributed by atoms with E-state index in [0.717, 1.165) is 31.6 Å². The second-order valence-electron chi connectivity index (χ2n) is 7.23. The largest absolute Gasteiger partial charge is 2.00 e. The maximum Gasteiger partial charge on any atom is 2.00 e. The van der Waals surface area contributed by atoms with Crippen molar-refractivity contribution in [1.82, 2.24) is 0 Å². The second kappa shape index (κ2) is 8.23. The van der Waals surface area contributed by atoms with E-state index in [1.54, 1.807) is 0 Å². The molecule has 4 bridgehead atoms. The summed E-state index contributed by atoms with van der Waals surface area (Å²) < 4.78 is 5.91. The second-order valence-corrected chi connectivity index (χ2v) is 7.23. The van der Waals surface area contributed by atoms with Crippen molar-refractivity contribution in [2.75, 3.05) is 6.61 Å². The van der Waals surface area contributed by atoms with Gasteiger partial charge >= 0.3 is 23.1 Å². The predicted octanol–water partition coefficient (Wildman–Crippen LogP) is 0.549. The molecule has 0 N–H and O–H groups in total. The summed E-state index contributed by atoms with van der Waals surface area (Å²) in [5.74, 6) is 0.821. The molecule has 1 heterocycles. The molecule has 0 atom stereocenters. The Bertz CT molecular complexity index is 768. The van der Waals surface area contributed by atoms with Crippen LogP contribution < -0.4 is 17.0 Å². The third-order valence-electron chi connectivity index (χ3n) is 4.68. The number of aryl methyl sites for hydroxylation is 4. The fraction of sp³-hybridized carbons (Fsp3) is 0.381. The molecule has 0 unspecified atom stereocenters. The molecule has 2 aromatic rings. The van der Waals surface area contributed by atoms with Gasteiger partial charge in [0.1, 0.15) is 6.61 Å². The molecule has 5 aliphatic rings. The fourth-order valence-corrected chi connectivity index (χ4v) is 3.28. The Morgan fingerprint density at radius 1 is 1.00 bits per heavy atom. The smallest absolute Gasteiger partial charge is 1.00 e. The van der Waals surface area contributed by atoms with Crippen LogP contribution in [-0.4, -0.2) is 41.1 Å². The Morgan fingerprint density at radius 3 is 2.44 bits per heavy atom. The van der Waals surface area contributed by atoms with E-state index in [9.17, 15) is 0 Å². The normalized spacial score (nSPS) is 17.4. The summed E-state index contributed by atoms with van der Waals surface area (Å²) in [5, 5.41) is 0. The van der Waals surface area contributed by atoms with Gasteiger partial charge in [-0.05, 0) is 50.3 Å². The molecule has 0 saturated carbocycles. The zero-order valence-corrected chi connectivity index (χ0v) is 17.9. The Balaban J connectivity index is 0.00000113. The number of benzene rings is 2.